The van der Waals surface area contributed by atoms with Gasteiger partial charge in [0, 0.05) is 14.1 Å². The summed E-state index contributed by atoms with van der Waals surface area (Å²) < 4.78 is 19.6. The minimum atomic E-state index is -0.448. The second-order valence-corrected chi connectivity index (χ2v) is 7.40. The van der Waals surface area contributed by atoms with Gasteiger partial charge in [-0.05, 0) is 69.6 Å². The molecule has 0 unspecified atom stereocenters. The molecule has 0 saturated carbocycles. The van der Waals surface area contributed by atoms with Crippen LogP contribution in [0, 0.1) is 5.82 Å². The number of likely N-dealkylation sites (N-methyl/N-ethyl adjacent to an activating group) is 2. The van der Waals surface area contributed by atoms with Crippen LogP contribution in [0.1, 0.15) is 11.1 Å². The molecule has 1 saturated heterocycles. The first-order valence-corrected chi connectivity index (χ1v) is 9.46. The van der Waals surface area contributed by atoms with E-state index < -0.39 is 11.8 Å². The maximum Gasteiger partial charge on any atom is 0.265 e. The summed E-state index contributed by atoms with van der Waals surface area (Å²) in [5.41, 5.74) is 1.38. The first-order chi connectivity index (χ1) is 13.3. The lowest BCUT2D eigenvalue weighted by Gasteiger charge is -2.31. The molecule has 0 radical (unpaired) electrons. The van der Waals surface area contributed by atoms with Gasteiger partial charge in [-0.3, -0.25) is 19.4 Å². The Morgan fingerprint density at radius 2 is 1.79 bits per heavy atom. The zero-order chi connectivity index (χ0) is 20.4. The first-order valence-electron chi connectivity index (χ1n) is 8.26. The van der Waals surface area contributed by atoms with Crippen LogP contribution in [0.4, 0.5) is 4.39 Å². The Hall–Kier alpha value is -2.58. The number of hydrogen-bond acceptors (Lipinski definition) is 4. The van der Waals surface area contributed by atoms with Crippen LogP contribution in [-0.2, 0) is 16.2 Å². The number of amides is 2. The summed E-state index contributed by atoms with van der Waals surface area (Å²) in [7, 11) is 3.06. The summed E-state index contributed by atoms with van der Waals surface area (Å²) in [5.74, 6) is -0.659. The number of nitrogens with zero attached hydrogens (tertiary/aromatic N) is 2. The second kappa shape index (κ2) is 8.20. The van der Waals surface area contributed by atoms with Crippen LogP contribution in [0.25, 0.3) is 6.08 Å². The van der Waals surface area contributed by atoms with Gasteiger partial charge in [0.2, 0.25) is 0 Å². The van der Waals surface area contributed by atoms with Crippen LogP contribution in [0.15, 0.2) is 52.5 Å². The maximum atomic E-state index is 13.2. The summed E-state index contributed by atoms with van der Waals surface area (Å²) in [6, 6.07) is 11.4. The van der Waals surface area contributed by atoms with Gasteiger partial charge in [-0.1, -0.05) is 18.2 Å². The predicted molar refractivity (Wildman–Crippen MR) is 111 cm³/mol. The molecular formula is C20H16BrFN2O3S. The van der Waals surface area contributed by atoms with Crippen molar-refractivity contribution in [2.75, 3.05) is 14.1 Å². The number of rotatable bonds is 4. The summed E-state index contributed by atoms with van der Waals surface area (Å²) in [4.78, 5) is 27.3. The molecule has 3 rings (SSSR count). The van der Waals surface area contributed by atoms with Gasteiger partial charge in [-0.15, -0.1) is 0 Å². The third-order valence-electron chi connectivity index (χ3n) is 4.19. The molecule has 0 aliphatic carbocycles. The molecule has 2 aromatic carbocycles. The Balaban J connectivity index is 1.80. The molecule has 5 nitrogen and oxygen atoms in total. The third kappa shape index (κ3) is 4.13. The van der Waals surface area contributed by atoms with Crippen LogP contribution >= 0.6 is 28.1 Å². The van der Waals surface area contributed by atoms with Crippen molar-refractivity contribution in [2.45, 2.75) is 6.61 Å². The van der Waals surface area contributed by atoms with Crippen molar-refractivity contribution in [3.05, 3.63) is 69.5 Å². The minimum absolute atomic E-state index is 0.0268. The van der Waals surface area contributed by atoms with Crippen LogP contribution in [-0.4, -0.2) is 40.8 Å². The predicted octanol–water partition coefficient (Wildman–Crippen LogP) is 3.77. The number of carbonyl (C=O) groups is 2. The zero-order valence-corrected chi connectivity index (χ0v) is 17.5. The Kier molecular flexibility index (Phi) is 5.90. The quantitative estimate of drug-likeness (QED) is 0.394. The summed E-state index contributed by atoms with van der Waals surface area (Å²) >= 11 is 8.50. The van der Waals surface area contributed by atoms with E-state index in [-0.39, 0.29) is 23.1 Å². The molecule has 1 aliphatic heterocycles. The molecule has 1 fully saturated rings. The molecule has 1 heterocycles. The normalized spacial score (nSPS) is 14.6. The van der Waals surface area contributed by atoms with Crippen molar-refractivity contribution in [1.82, 2.24) is 9.80 Å². The fraction of sp³-hybridized carbons (Fsp3) is 0.150. The molecule has 28 heavy (non-hydrogen) atoms. The number of carbonyl (C=O) groups excluding carboxylic acids is 2. The lowest BCUT2D eigenvalue weighted by Crippen LogP contribution is -2.52. The van der Waals surface area contributed by atoms with Crippen LogP contribution in [0.5, 0.6) is 5.75 Å². The Bertz CT molecular complexity index is 983. The number of hydrogen-bond donors (Lipinski definition) is 0. The highest BCUT2D eigenvalue weighted by Crippen LogP contribution is 2.28. The molecule has 8 heteroatoms. The highest BCUT2D eigenvalue weighted by atomic mass is 79.9. The molecule has 2 amide bonds. The monoisotopic (exact) mass is 462 g/mol. The molecule has 0 spiro atoms. The van der Waals surface area contributed by atoms with E-state index in [2.05, 4.69) is 15.9 Å². The van der Waals surface area contributed by atoms with Crippen molar-refractivity contribution in [1.29, 1.82) is 0 Å². The van der Waals surface area contributed by atoms with Gasteiger partial charge in [0.05, 0.1) is 4.47 Å². The summed E-state index contributed by atoms with van der Waals surface area (Å²) in [6.45, 7) is 0.209. The van der Waals surface area contributed by atoms with E-state index in [0.717, 1.165) is 0 Å². The van der Waals surface area contributed by atoms with Crippen LogP contribution in [0.3, 0.4) is 0 Å². The van der Waals surface area contributed by atoms with E-state index in [9.17, 15) is 14.0 Å². The van der Waals surface area contributed by atoms with Crippen molar-refractivity contribution in [3.63, 3.8) is 0 Å². The summed E-state index contributed by atoms with van der Waals surface area (Å²) in [6.07, 6.45) is 1.51. The second-order valence-electron chi connectivity index (χ2n) is 6.18. The standard InChI is InChI=1S/C20H16BrFN2O3S/c1-23-18(25)15(19(26)24(2)20(23)28)9-12-6-7-17(16(21)10-12)27-11-13-4-3-5-14(22)8-13/h3-10H,11H2,1-2H3. The first kappa shape index (κ1) is 20.2. The van der Waals surface area contributed by atoms with Crippen LogP contribution in [0.2, 0.25) is 0 Å². The highest BCUT2D eigenvalue weighted by Gasteiger charge is 2.35. The average molecular weight is 463 g/mol. The van der Waals surface area contributed by atoms with E-state index in [4.69, 9.17) is 17.0 Å². The van der Waals surface area contributed by atoms with Crippen molar-refractivity contribution >= 4 is 51.2 Å². The topological polar surface area (TPSA) is 49.9 Å². The maximum absolute atomic E-state index is 13.2. The van der Waals surface area contributed by atoms with Gasteiger partial charge in [0.15, 0.2) is 5.11 Å². The fourth-order valence-electron chi connectivity index (χ4n) is 2.65. The largest absolute Gasteiger partial charge is 0.488 e. The lowest BCUT2D eigenvalue weighted by molar-refractivity contribution is -0.132. The highest BCUT2D eigenvalue weighted by molar-refractivity contribution is 9.10. The van der Waals surface area contributed by atoms with Gasteiger partial charge >= 0.3 is 0 Å². The molecule has 1 aliphatic rings. The van der Waals surface area contributed by atoms with Gasteiger partial charge < -0.3 is 4.74 Å². The van der Waals surface area contributed by atoms with Crippen molar-refractivity contribution in [2.24, 2.45) is 0 Å². The lowest BCUT2D eigenvalue weighted by atomic mass is 10.1. The fourth-order valence-corrected chi connectivity index (χ4v) is 3.33. The van der Waals surface area contributed by atoms with E-state index >= 15 is 0 Å². The van der Waals surface area contributed by atoms with Crippen LogP contribution < -0.4 is 4.74 Å². The van der Waals surface area contributed by atoms with Crippen molar-refractivity contribution < 1.29 is 18.7 Å². The van der Waals surface area contributed by atoms with E-state index in [1.807, 2.05) is 0 Å². The SMILES string of the molecule is CN1C(=O)C(=Cc2ccc(OCc3cccc(F)c3)c(Br)c2)C(=O)N(C)C1=S. The third-order valence-corrected chi connectivity index (χ3v) is 5.36. The Morgan fingerprint density at radius 3 is 2.39 bits per heavy atom. The van der Waals surface area contributed by atoms with E-state index in [1.165, 1.54) is 42.1 Å². The van der Waals surface area contributed by atoms with Gasteiger partial charge in [-0.25, -0.2) is 4.39 Å². The smallest absolute Gasteiger partial charge is 0.265 e. The van der Waals surface area contributed by atoms with E-state index in [0.29, 0.717) is 21.3 Å². The molecule has 2 aromatic rings. The van der Waals surface area contributed by atoms with Crippen molar-refractivity contribution in [3.8, 4) is 5.75 Å². The average Bonchev–Trinajstić information content (AvgIpc) is 2.67. The number of ether oxygens (including phenoxy) is 1. The molecule has 144 valence electrons. The zero-order valence-electron chi connectivity index (χ0n) is 15.1. The van der Waals surface area contributed by atoms with Gasteiger partial charge in [0.1, 0.15) is 23.7 Å². The number of benzene rings is 2. The number of thiocarbonyl (C=S) groups is 1. The molecular weight excluding hydrogens is 447 g/mol. The minimum Gasteiger partial charge on any atom is -0.488 e. The number of halogens is 2. The summed E-state index contributed by atoms with van der Waals surface area (Å²) in [5, 5.41) is 0.162. The Morgan fingerprint density at radius 1 is 1.11 bits per heavy atom. The Labute approximate surface area is 175 Å². The molecule has 0 atom stereocenters. The van der Waals surface area contributed by atoms with Gasteiger partial charge in [0.25, 0.3) is 11.8 Å². The molecule has 0 bridgehead atoms. The van der Waals surface area contributed by atoms with E-state index in [1.54, 1.807) is 30.3 Å². The molecule has 0 N–H and O–H groups in total. The van der Waals surface area contributed by atoms with Gasteiger partial charge in [-0.2, -0.15) is 0 Å². The molecule has 0 aromatic heterocycles.